The first-order chi connectivity index (χ1) is 7.70. The van der Waals surface area contributed by atoms with Gasteiger partial charge in [-0.1, -0.05) is 6.92 Å². The monoisotopic (exact) mass is 236 g/mol. The molecule has 0 unspecified atom stereocenters. The molecule has 2 heterocycles. The van der Waals surface area contributed by atoms with Gasteiger partial charge in [0, 0.05) is 22.3 Å². The molecule has 5 heteroatoms. The number of anilines is 1. The molecule has 0 fully saturated rings. The van der Waals surface area contributed by atoms with Crippen LogP contribution < -0.4 is 5.32 Å². The normalized spacial score (nSPS) is 10.7. The van der Waals surface area contributed by atoms with E-state index in [0.29, 0.717) is 0 Å². The molecule has 0 bridgehead atoms. The highest BCUT2D eigenvalue weighted by molar-refractivity contribution is 7.09. The molecule has 0 aromatic carbocycles. The molecule has 0 atom stereocenters. The molecule has 16 heavy (non-hydrogen) atoms. The van der Waals surface area contributed by atoms with Crippen LogP contribution in [0.25, 0.3) is 0 Å². The summed E-state index contributed by atoms with van der Waals surface area (Å²) in [6.07, 6.45) is 0.983. The first-order valence-electron chi connectivity index (χ1n) is 5.39. The summed E-state index contributed by atoms with van der Waals surface area (Å²) in [6, 6.07) is 0. The Morgan fingerprint density at radius 1 is 1.44 bits per heavy atom. The van der Waals surface area contributed by atoms with E-state index in [4.69, 9.17) is 0 Å². The molecule has 4 nitrogen and oxygen atoms in total. The average Bonchev–Trinajstić information content (AvgIpc) is 2.83. The number of hydrogen-bond donors (Lipinski definition) is 2. The molecule has 0 amide bonds. The third kappa shape index (κ3) is 2.24. The minimum Gasteiger partial charge on any atom is -0.362 e. The van der Waals surface area contributed by atoms with Crippen molar-refractivity contribution < 1.29 is 0 Å². The number of aromatic nitrogens is 3. The lowest BCUT2D eigenvalue weighted by molar-refractivity contribution is 0.964. The van der Waals surface area contributed by atoms with Crippen molar-refractivity contribution >= 4 is 17.2 Å². The number of rotatable bonds is 4. The quantitative estimate of drug-likeness (QED) is 0.858. The molecular weight excluding hydrogens is 220 g/mol. The molecule has 0 aliphatic heterocycles. The van der Waals surface area contributed by atoms with Gasteiger partial charge >= 0.3 is 0 Å². The van der Waals surface area contributed by atoms with E-state index in [0.717, 1.165) is 29.5 Å². The predicted octanol–water partition coefficient (Wildman–Crippen LogP) is 2.66. The van der Waals surface area contributed by atoms with Gasteiger partial charge in [-0.2, -0.15) is 5.10 Å². The largest absolute Gasteiger partial charge is 0.362 e. The Balaban J connectivity index is 2.02. The fourth-order valence-electron chi connectivity index (χ4n) is 1.59. The highest BCUT2D eigenvalue weighted by Gasteiger charge is 2.07. The molecule has 0 saturated carbocycles. The summed E-state index contributed by atoms with van der Waals surface area (Å²) < 4.78 is 0. The molecule has 2 rings (SSSR count). The Kier molecular flexibility index (Phi) is 3.24. The van der Waals surface area contributed by atoms with Crippen LogP contribution in [0.4, 0.5) is 5.82 Å². The summed E-state index contributed by atoms with van der Waals surface area (Å²) >= 11 is 1.68. The van der Waals surface area contributed by atoms with Crippen molar-refractivity contribution in [3.05, 3.63) is 27.3 Å². The molecular formula is C11H16N4S. The van der Waals surface area contributed by atoms with Crippen LogP contribution in [-0.4, -0.2) is 15.2 Å². The van der Waals surface area contributed by atoms with Crippen molar-refractivity contribution in [2.24, 2.45) is 0 Å². The molecule has 0 saturated heterocycles. The maximum absolute atomic E-state index is 4.40. The lowest BCUT2D eigenvalue weighted by atomic mass is 10.2. The summed E-state index contributed by atoms with van der Waals surface area (Å²) in [5.74, 6) is 0.935. The van der Waals surface area contributed by atoms with E-state index >= 15 is 0 Å². The first-order valence-corrected chi connectivity index (χ1v) is 6.27. The van der Waals surface area contributed by atoms with E-state index in [1.807, 2.05) is 6.92 Å². The minimum atomic E-state index is 0.743. The van der Waals surface area contributed by atoms with Crippen LogP contribution in [0.15, 0.2) is 5.38 Å². The van der Waals surface area contributed by atoms with E-state index in [9.17, 15) is 0 Å². The van der Waals surface area contributed by atoms with Crippen molar-refractivity contribution in [2.45, 2.75) is 33.7 Å². The second kappa shape index (κ2) is 4.65. The van der Waals surface area contributed by atoms with Crippen molar-refractivity contribution in [2.75, 3.05) is 5.32 Å². The second-order valence-electron chi connectivity index (χ2n) is 3.77. The number of H-pyrrole nitrogens is 1. The van der Waals surface area contributed by atoms with Gasteiger partial charge in [-0.05, 0) is 20.3 Å². The summed E-state index contributed by atoms with van der Waals surface area (Å²) in [4.78, 5) is 4.40. The first kappa shape index (κ1) is 11.1. The maximum atomic E-state index is 4.40. The molecule has 2 aromatic rings. The van der Waals surface area contributed by atoms with E-state index in [2.05, 4.69) is 39.7 Å². The van der Waals surface area contributed by atoms with Gasteiger partial charge < -0.3 is 5.32 Å². The van der Waals surface area contributed by atoms with Crippen LogP contribution in [-0.2, 0) is 13.0 Å². The summed E-state index contributed by atoms with van der Waals surface area (Å²) in [6.45, 7) is 6.95. The van der Waals surface area contributed by atoms with Gasteiger partial charge in [0.25, 0.3) is 0 Å². The number of thiazole rings is 1. The van der Waals surface area contributed by atoms with Gasteiger partial charge in [0.1, 0.15) is 5.01 Å². The number of aromatic amines is 1. The zero-order valence-corrected chi connectivity index (χ0v) is 10.6. The van der Waals surface area contributed by atoms with Crippen LogP contribution in [0.3, 0.4) is 0 Å². The van der Waals surface area contributed by atoms with E-state index in [1.165, 1.54) is 11.3 Å². The Bertz CT molecular complexity index is 472. The van der Waals surface area contributed by atoms with Crippen LogP contribution in [0.1, 0.15) is 28.9 Å². The summed E-state index contributed by atoms with van der Waals surface area (Å²) in [7, 11) is 0. The third-order valence-corrected chi connectivity index (χ3v) is 3.50. The Hall–Kier alpha value is -1.36. The number of nitrogens with zero attached hydrogens (tertiary/aromatic N) is 2. The van der Waals surface area contributed by atoms with Crippen molar-refractivity contribution in [1.29, 1.82) is 0 Å². The second-order valence-corrected chi connectivity index (χ2v) is 4.71. The van der Waals surface area contributed by atoms with Crippen LogP contribution in [0.5, 0.6) is 0 Å². The highest BCUT2D eigenvalue weighted by atomic mass is 32.1. The lowest BCUT2D eigenvalue weighted by Crippen LogP contribution is -2.00. The average molecular weight is 236 g/mol. The highest BCUT2D eigenvalue weighted by Crippen LogP contribution is 2.17. The van der Waals surface area contributed by atoms with Gasteiger partial charge in [-0.3, -0.25) is 5.10 Å². The smallest absolute Gasteiger partial charge is 0.151 e. The summed E-state index contributed by atoms with van der Waals surface area (Å²) in [5, 5.41) is 13.7. The molecule has 0 radical (unpaired) electrons. The number of nitrogens with one attached hydrogen (secondary N) is 2. The van der Waals surface area contributed by atoms with E-state index in [-0.39, 0.29) is 0 Å². The molecule has 0 aliphatic rings. The van der Waals surface area contributed by atoms with Crippen LogP contribution >= 0.6 is 11.3 Å². The van der Waals surface area contributed by atoms with Gasteiger partial charge in [0.2, 0.25) is 0 Å². The number of hydrogen-bond acceptors (Lipinski definition) is 4. The summed E-state index contributed by atoms with van der Waals surface area (Å²) in [5.41, 5.74) is 3.48. The van der Waals surface area contributed by atoms with Gasteiger partial charge in [0.15, 0.2) is 5.82 Å². The van der Waals surface area contributed by atoms with Crippen molar-refractivity contribution in [3.8, 4) is 0 Å². The maximum Gasteiger partial charge on any atom is 0.151 e. The van der Waals surface area contributed by atoms with Crippen LogP contribution in [0, 0.1) is 13.8 Å². The van der Waals surface area contributed by atoms with Crippen molar-refractivity contribution in [1.82, 2.24) is 15.2 Å². The molecule has 86 valence electrons. The molecule has 0 aliphatic carbocycles. The Morgan fingerprint density at radius 3 is 2.81 bits per heavy atom. The molecule has 2 N–H and O–H groups in total. The van der Waals surface area contributed by atoms with Crippen molar-refractivity contribution in [3.63, 3.8) is 0 Å². The van der Waals surface area contributed by atoms with E-state index in [1.54, 1.807) is 11.3 Å². The zero-order valence-electron chi connectivity index (χ0n) is 9.79. The Labute approximate surface area is 99.1 Å². The third-order valence-electron chi connectivity index (χ3n) is 2.54. The molecule has 0 spiro atoms. The SMILES string of the molecule is CCc1[nH]nc(NCc2nc(C)cs2)c1C. The predicted molar refractivity (Wildman–Crippen MR) is 66.9 cm³/mol. The standard InChI is InChI=1S/C11H16N4S/c1-4-9-8(3)11(15-14-9)12-5-10-13-7(2)6-16-10/h6H,4-5H2,1-3H3,(H2,12,14,15). The Morgan fingerprint density at radius 2 is 2.25 bits per heavy atom. The zero-order chi connectivity index (χ0) is 11.5. The molecule has 2 aromatic heterocycles. The fraction of sp³-hybridized carbons (Fsp3) is 0.455. The van der Waals surface area contributed by atoms with Gasteiger partial charge in [0.05, 0.1) is 6.54 Å². The lowest BCUT2D eigenvalue weighted by Gasteiger charge is -2.01. The van der Waals surface area contributed by atoms with Gasteiger partial charge in [-0.15, -0.1) is 11.3 Å². The fourth-order valence-corrected chi connectivity index (χ4v) is 2.31. The topological polar surface area (TPSA) is 53.6 Å². The van der Waals surface area contributed by atoms with E-state index < -0.39 is 0 Å². The van der Waals surface area contributed by atoms with Gasteiger partial charge in [-0.25, -0.2) is 4.98 Å². The van der Waals surface area contributed by atoms with Crippen LogP contribution in [0.2, 0.25) is 0 Å². The number of aryl methyl sites for hydroxylation is 2. The minimum absolute atomic E-state index is 0.743.